The molecule has 144 valence electrons. The first-order chi connectivity index (χ1) is 12.7. The summed E-state index contributed by atoms with van der Waals surface area (Å²) in [5, 5.41) is 0. The summed E-state index contributed by atoms with van der Waals surface area (Å²) < 4.78 is 26.0. The zero-order valence-electron chi connectivity index (χ0n) is 16.3. The van der Waals surface area contributed by atoms with Crippen LogP contribution in [0.5, 0.6) is 0 Å². The Labute approximate surface area is 161 Å². The lowest BCUT2D eigenvalue weighted by Gasteiger charge is -2.29. The third-order valence-corrected chi connectivity index (χ3v) is 6.89. The van der Waals surface area contributed by atoms with E-state index in [0.29, 0.717) is 24.6 Å². The molecule has 0 fully saturated rings. The molecule has 0 spiro atoms. The average Bonchev–Trinajstić information content (AvgIpc) is 2.66. The van der Waals surface area contributed by atoms with Crippen molar-refractivity contribution in [3.8, 4) is 0 Å². The SMILES string of the molecule is CC(C)c1ccc(C(=O)N2CCc3ccc(S(=O)(=O)N(C)C)cc3C2)cc1. The maximum absolute atomic E-state index is 12.9. The molecule has 0 saturated carbocycles. The second-order valence-corrected chi connectivity index (χ2v) is 9.62. The molecule has 0 N–H and O–H groups in total. The third-order valence-electron chi connectivity index (χ3n) is 5.08. The van der Waals surface area contributed by atoms with Gasteiger partial charge in [0.25, 0.3) is 5.91 Å². The van der Waals surface area contributed by atoms with Crippen molar-refractivity contribution >= 4 is 15.9 Å². The molecule has 2 aromatic carbocycles. The molecule has 5 nitrogen and oxygen atoms in total. The minimum absolute atomic E-state index is 0.0168. The van der Waals surface area contributed by atoms with Crippen LogP contribution in [0.15, 0.2) is 47.4 Å². The third kappa shape index (κ3) is 3.92. The van der Waals surface area contributed by atoms with Crippen molar-refractivity contribution in [2.45, 2.75) is 37.6 Å². The maximum atomic E-state index is 12.9. The quantitative estimate of drug-likeness (QED) is 0.810. The number of sulfonamides is 1. The van der Waals surface area contributed by atoms with Crippen molar-refractivity contribution in [2.75, 3.05) is 20.6 Å². The lowest BCUT2D eigenvalue weighted by molar-refractivity contribution is 0.0734. The van der Waals surface area contributed by atoms with Gasteiger partial charge in [0.1, 0.15) is 0 Å². The van der Waals surface area contributed by atoms with E-state index in [2.05, 4.69) is 13.8 Å². The maximum Gasteiger partial charge on any atom is 0.254 e. The molecule has 0 bridgehead atoms. The van der Waals surface area contributed by atoms with Gasteiger partial charge in [-0.05, 0) is 53.3 Å². The van der Waals surface area contributed by atoms with Gasteiger partial charge in [-0.15, -0.1) is 0 Å². The van der Waals surface area contributed by atoms with Crippen LogP contribution in [0.25, 0.3) is 0 Å². The summed E-state index contributed by atoms with van der Waals surface area (Å²) in [6.07, 6.45) is 0.730. The zero-order valence-corrected chi connectivity index (χ0v) is 17.1. The largest absolute Gasteiger partial charge is 0.334 e. The molecule has 0 unspecified atom stereocenters. The molecule has 2 aromatic rings. The fourth-order valence-electron chi connectivity index (χ4n) is 3.27. The number of hydrogen-bond acceptors (Lipinski definition) is 3. The lowest BCUT2D eigenvalue weighted by Crippen LogP contribution is -2.36. The minimum Gasteiger partial charge on any atom is -0.334 e. The molecule has 1 aliphatic heterocycles. The Balaban J connectivity index is 1.83. The first-order valence-corrected chi connectivity index (χ1v) is 10.6. The summed E-state index contributed by atoms with van der Waals surface area (Å²) in [6, 6.07) is 13.0. The topological polar surface area (TPSA) is 57.7 Å². The summed E-state index contributed by atoms with van der Waals surface area (Å²) in [6.45, 7) is 5.31. The van der Waals surface area contributed by atoms with Crippen molar-refractivity contribution in [3.63, 3.8) is 0 Å². The Hall–Kier alpha value is -2.18. The molecule has 0 radical (unpaired) electrons. The second-order valence-electron chi connectivity index (χ2n) is 7.47. The Morgan fingerprint density at radius 1 is 1.04 bits per heavy atom. The summed E-state index contributed by atoms with van der Waals surface area (Å²) in [5.74, 6) is 0.407. The van der Waals surface area contributed by atoms with Crippen LogP contribution in [0.3, 0.4) is 0 Å². The number of fused-ring (bicyclic) bond motifs is 1. The first kappa shape index (κ1) is 19.6. The van der Waals surface area contributed by atoms with Crippen molar-refractivity contribution in [1.29, 1.82) is 0 Å². The molecular formula is C21H26N2O3S. The molecule has 6 heteroatoms. The lowest BCUT2D eigenvalue weighted by atomic mass is 9.98. The van der Waals surface area contributed by atoms with Crippen molar-refractivity contribution in [3.05, 3.63) is 64.7 Å². The molecule has 0 saturated heterocycles. The van der Waals surface area contributed by atoms with E-state index in [1.807, 2.05) is 30.3 Å². The van der Waals surface area contributed by atoms with Gasteiger partial charge in [-0.25, -0.2) is 12.7 Å². The molecule has 1 amide bonds. The highest BCUT2D eigenvalue weighted by molar-refractivity contribution is 7.89. The van der Waals surface area contributed by atoms with Gasteiger partial charge in [0.05, 0.1) is 4.90 Å². The first-order valence-electron chi connectivity index (χ1n) is 9.13. The van der Waals surface area contributed by atoms with E-state index < -0.39 is 10.0 Å². The average molecular weight is 387 g/mol. The van der Waals surface area contributed by atoms with Crippen LogP contribution in [0.1, 0.15) is 46.8 Å². The van der Waals surface area contributed by atoms with Crippen LogP contribution in [0.2, 0.25) is 0 Å². The molecule has 0 atom stereocenters. The van der Waals surface area contributed by atoms with Gasteiger partial charge in [0, 0.05) is 32.7 Å². The Morgan fingerprint density at radius 3 is 2.30 bits per heavy atom. The van der Waals surface area contributed by atoms with E-state index in [0.717, 1.165) is 17.5 Å². The van der Waals surface area contributed by atoms with Crippen LogP contribution >= 0.6 is 0 Å². The Bertz CT molecular complexity index is 948. The van der Waals surface area contributed by atoms with Gasteiger partial charge in [0.2, 0.25) is 10.0 Å². The molecule has 27 heavy (non-hydrogen) atoms. The smallest absolute Gasteiger partial charge is 0.254 e. The summed E-state index contributed by atoms with van der Waals surface area (Å²) in [7, 11) is -0.445. The van der Waals surface area contributed by atoms with E-state index in [-0.39, 0.29) is 10.8 Å². The minimum atomic E-state index is -3.48. The van der Waals surface area contributed by atoms with Crippen LogP contribution in [-0.4, -0.2) is 44.2 Å². The van der Waals surface area contributed by atoms with Crippen molar-refractivity contribution < 1.29 is 13.2 Å². The number of rotatable bonds is 4. The standard InChI is InChI=1S/C21H26N2O3S/c1-15(2)16-5-7-18(8-6-16)21(24)23-12-11-17-9-10-20(13-19(17)14-23)27(25,26)22(3)4/h5-10,13,15H,11-12,14H2,1-4H3. The molecular weight excluding hydrogens is 360 g/mol. The molecule has 3 rings (SSSR count). The molecule has 1 aliphatic rings. The summed E-state index contributed by atoms with van der Waals surface area (Å²) in [5.41, 5.74) is 3.87. The fourth-order valence-corrected chi connectivity index (χ4v) is 4.22. The van der Waals surface area contributed by atoms with Gasteiger partial charge in [-0.2, -0.15) is 0 Å². The molecule has 0 aromatic heterocycles. The van der Waals surface area contributed by atoms with E-state index in [1.165, 1.54) is 24.0 Å². The van der Waals surface area contributed by atoms with Crippen LogP contribution in [0.4, 0.5) is 0 Å². The van der Waals surface area contributed by atoms with Gasteiger partial charge in [-0.3, -0.25) is 4.79 Å². The van der Waals surface area contributed by atoms with Gasteiger partial charge < -0.3 is 4.90 Å². The van der Waals surface area contributed by atoms with Crippen LogP contribution < -0.4 is 0 Å². The van der Waals surface area contributed by atoms with E-state index in [9.17, 15) is 13.2 Å². The van der Waals surface area contributed by atoms with Crippen molar-refractivity contribution in [2.24, 2.45) is 0 Å². The Kier molecular flexibility index (Phi) is 5.40. The highest BCUT2D eigenvalue weighted by Crippen LogP contribution is 2.25. The second kappa shape index (κ2) is 7.44. The predicted octanol–water partition coefficient (Wildman–Crippen LogP) is 3.26. The van der Waals surface area contributed by atoms with Gasteiger partial charge >= 0.3 is 0 Å². The molecule has 0 aliphatic carbocycles. The monoisotopic (exact) mass is 386 g/mol. The highest BCUT2D eigenvalue weighted by atomic mass is 32.2. The van der Waals surface area contributed by atoms with E-state index in [4.69, 9.17) is 0 Å². The number of benzene rings is 2. The van der Waals surface area contributed by atoms with E-state index >= 15 is 0 Å². The fraction of sp³-hybridized carbons (Fsp3) is 0.381. The zero-order chi connectivity index (χ0) is 19.8. The predicted molar refractivity (Wildman–Crippen MR) is 106 cm³/mol. The number of carbonyl (C=O) groups excluding carboxylic acids is 1. The Morgan fingerprint density at radius 2 is 1.70 bits per heavy atom. The number of hydrogen-bond donors (Lipinski definition) is 0. The van der Waals surface area contributed by atoms with Crippen LogP contribution in [0, 0.1) is 0 Å². The van der Waals surface area contributed by atoms with E-state index in [1.54, 1.807) is 17.0 Å². The molecule has 1 heterocycles. The summed E-state index contributed by atoms with van der Waals surface area (Å²) >= 11 is 0. The number of amides is 1. The number of carbonyl (C=O) groups is 1. The van der Waals surface area contributed by atoms with Gasteiger partial charge in [0.15, 0.2) is 0 Å². The van der Waals surface area contributed by atoms with Gasteiger partial charge in [-0.1, -0.05) is 32.0 Å². The van der Waals surface area contributed by atoms with Crippen molar-refractivity contribution in [1.82, 2.24) is 9.21 Å². The summed E-state index contributed by atoms with van der Waals surface area (Å²) in [4.78, 5) is 14.9. The van der Waals surface area contributed by atoms with Crippen LogP contribution in [-0.2, 0) is 23.0 Å². The highest BCUT2D eigenvalue weighted by Gasteiger charge is 2.24. The normalized spacial score (nSPS) is 14.5. The number of nitrogens with zero attached hydrogens (tertiary/aromatic N) is 2.